The van der Waals surface area contributed by atoms with E-state index in [0.717, 1.165) is 29.2 Å². The Kier molecular flexibility index (Phi) is 1.80. The predicted molar refractivity (Wildman–Crippen MR) is 54.4 cm³/mol. The molecule has 0 radical (unpaired) electrons. The van der Waals surface area contributed by atoms with Crippen LogP contribution in [0.25, 0.3) is 0 Å². The van der Waals surface area contributed by atoms with Gasteiger partial charge in [-0.05, 0) is 11.6 Å². The molecule has 0 fully saturated rings. The van der Waals surface area contributed by atoms with E-state index >= 15 is 0 Å². The lowest BCUT2D eigenvalue weighted by molar-refractivity contribution is -0.115. The lowest BCUT2D eigenvalue weighted by Crippen LogP contribution is -2.03. The van der Waals surface area contributed by atoms with E-state index in [4.69, 9.17) is 9.47 Å². The molecule has 0 saturated carbocycles. The summed E-state index contributed by atoms with van der Waals surface area (Å²) in [6, 6.07) is 3.74. The number of benzene rings is 1. The number of ether oxygens (including phenoxy) is 2. The summed E-state index contributed by atoms with van der Waals surface area (Å²) >= 11 is 0. The molecule has 1 N–H and O–H groups in total. The van der Waals surface area contributed by atoms with Crippen LogP contribution in [0, 0.1) is 0 Å². The van der Waals surface area contributed by atoms with Crippen LogP contribution in [0.4, 0.5) is 5.69 Å². The van der Waals surface area contributed by atoms with E-state index in [1.807, 2.05) is 12.1 Å². The van der Waals surface area contributed by atoms with E-state index < -0.39 is 0 Å². The van der Waals surface area contributed by atoms with Crippen molar-refractivity contribution in [2.75, 3.05) is 18.5 Å². The van der Waals surface area contributed by atoms with Crippen molar-refractivity contribution in [3.63, 3.8) is 0 Å². The maximum atomic E-state index is 11.2. The Balaban J connectivity index is 2.05. The van der Waals surface area contributed by atoms with Gasteiger partial charge in [0.25, 0.3) is 0 Å². The van der Waals surface area contributed by atoms with Crippen LogP contribution in [0.3, 0.4) is 0 Å². The minimum atomic E-state index is 0.0326. The Hall–Kier alpha value is -1.71. The molecule has 3 rings (SSSR count). The van der Waals surface area contributed by atoms with Crippen LogP contribution in [0.2, 0.25) is 0 Å². The fourth-order valence-corrected chi connectivity index (χ4v) is 1.88. The van der Waals surface area contributed by atoms with E-state index in [2.05, 4.69) is 5.32 Å². The molecule has 78 valence electrons. The lowest BCUT2D eigenvalue weighted by Gasteiger charge is -2.08. The summed E-state index contributed by atoms with van der Waals surface area (Å²) in [5, 5.41) is 2.79. The van der Waals surface area contributed by atoms with Crippen molar-refractivity contribution < 1.29 is 14.3 Å². The van der Waals surface area contributed by atoms with Crippen molar-refractivity contribution in [3.05, 3.63) is 17.7 Å². The Labute approximate surface area is 87.2 Å². The number of hydrogen-bond acceptors (Lipinski definition) is 3. The molecule has 2 aliphatic rings. The molecule has 0 saturated heterocycles. The average molecular weight is 205 g/mol. The van der Waals surface area contributed by atoms with Gasteiger partial charge in [-0.25, -0.2) is 0 Å². The van der Waals surface area contributed by atoms with E-state index in [1.165, 1.54) is 0 Å². The maximum Gasteiger partial charge on any atom is 0.228 e. The molecule has 0 atom stereocenters. The van der Waals surface area contributed by atoms with E-state index in [1.54, 1.807) is 0 Å². The summed E-state index contributed by atoms with van der Waals surface area (Å²) in [6.45, 7) is 1.34. The molecule has 15 heavy (non-hydrogen) atoms. The third kappa shape index (κ3) is 1.42. The van der Waals surface area contributed by atoms with Gasteiger partial charge in [0.15, 0.2) is 11.5 Å². The summed E-state index contributed by atoms with van der Waals surface area (Å²) in [4.78, 5) is 11.2. The fraction of sp³-hybridized carbons (Fsp3) is 0.364. The Morgan fingerprint density at radius 2 is 1.87 bits per heavy atom. The number of fused-ring (bicyclic) bond motifs is 2. The highest BCUT2D eigenvalue weighted by molar-refractivity contribution is 5.99. The first-order chi connectivity index (χ1) is 7.33. The minimum Gasteiger partial charge on any atom is -0.490 e. The Morgan fingerprint density at radius 1 is 1.13 bits per heavy atom. The molecular weight excluding hydrogens is 194 g/mol. The number of nitrogens with one attached hydrogen (secondary N) is 1. The molecular formula is C11H11NO3. The Morgan fingerprint density at radius 3 is 2.67 bits per heavy atom. The zero-order chi connectivity index (χ0) is 10.3. The van der Waals surface area contributed by atoms with Crippen molar-refractivity contribution in [3.8, 4) is 11.5 Å². The van der Waals surface area contributed by atoms with Gasteiger partial charge in [0.2, 0.25) is 5.91 Å². The zero-order valence-corrected chi connectivity index (χ0v) is 8.21. The second-order valence-corrected chi connectivity index (χ2v) is 3.73. The predicted octanol–water partition coefficient (Wildman–Crippen LogP) is 1.34. The summed E-state index contributed by atoms with van der Waals surface area (Å²) in [5.74, 6) is 1.52. The Bertz CT molecular complexity index is 391. The van der Waals surface area contributed by atoms with Crippen molar-refractivity contribution >= 4 is 11.6 Å². The standard InChI is InChI=1S/C11H11NO3/c13-11-5-7-4-9-10(6-8(7)12-11)15-3-1-2-14-9/h4,6H,1-3,5H2,(H,12,13). The topological polar surface area (TPSA) is 47.6 Å². The first-order valence-corrected chi connectivity index (χ1v) is 5.05. The molecule has 0 aliphatic carbocycles. The van der Waals surface area contributed by atoms with Gasteiger partial charge in [0, 0.05) is 18.2 Å². The van der Waals surface area contributed by atoms with Crippen molar-refractivity contribution in [1.29, 1.82) is 0 Å². The van der Waals surface area contributed by atoms with Crippen molar-refractivity contribution in [1.82, 2.24) is 0 Å². The number of anilines is 1. The van der Waals surface area contributed by atoms with Crippen LogP contribution in [-0.2, 0) is 11.2 Å². The second kappa shape index (κ2) is 3.15. The highest BCUT2D eigenvalue weighted by atomic mass is 16.5. The normalized spacial score (nSPS) is 18.0. The molecule has 0 spiro atoms. The smallest absolute Gasteiger partial charge is 0.228 e. The van der Waals surface area contributed by atoms with E-state index in [9.17, 15) is 4.79 Å². The monoisotopic (exact) mass is 205 g/mol. The molecule has 0 bridgehead atoms. The first kappa shape index (κ1) is 8.59. The zero-order valence-electron chi connectivity index (χ0n) is 8.21. The summed E-state index contributed by atoms with van der Waals surface area (Å²) in [6.07, 6.45) is 1.33. The SMILES string of the molecule is O=C1Cc2cc3c(cc2N1)OCCCO3. The van der Waals surface area contributed by atoms with Gasteiger partial charge >= 0.3 is 0 Å². The molecule has 4 nitrogen and oxygen atoms in total. The lowest BCUT2D eigenvalue weighted by atomic mass is 10.1. The number of amides is 1. The molecule has 0 unspecified atom stereocenters. The summed E-state index contributed by atoms with van der Waals surface area (Å²) in [7, 11) is 0. The number of rotatable bonds is 0. The molecule has 1 amide bonds. The third-order valence-electron chi connectivity index (χ3n) is 2.60. The quantitative estimate of drug-likeness (QED) is 0.695. The summed E-state index contributed by atoms with van der Waals surface area (Å²) in [5.41, 5.74) is 1.84. The van der Waals surface area contributed by atoms with Gasteiger partial charge in [-0.1, -0.05) is 0 Å². The van der Waals surface area contributed by atoms with Crippen LogP contribution in [0.1, 0.15) is 12.0 Å². The van der Waals surface area contributed by atoms with Gasteiger partial charge in [0.05, 0.1) is 19.6 Å². The largest absolute Gasteiger partial charge is 0.490 e. The number of carbonyl (C=O) groups excluding carboxylic acids is 1. The van der Waals surface area contributed by atoms with Crippen LogP contribution in [-0.4, -0.2) is 19.1 Å². The second-order valence-electron chi connectivity index (χ2n) is 3.73. The minimum absolute atomic E-state index is 0.0326. The molecule has 1 aromatic carbocycles. The van der Waals surface area contributed by atoms with Gasteiger partial charge in [-0.2, -0.15) is 0 Å². The molecule has 2 aliphatic heterocycles. The maximum absolute atomic E-state index is 11.2. The molecule has 0 aromatic heterocycles. The van der Waals surface area contributed by atoms with Gasteiger partial charge < -0.3 is 14.8 Å². The first-order valence-electron chi connectivity index (χ1n) is 5.05. The molecule has 1 aromatic rings. The van der Waals surface area contributed by atoms with E-state index in [0.29, 0.717) is 19.6 Å². The van der Waals surface area contributed by atoms with Crippen LogP contribution in [0.5, 0.6) is 11.5 Å². The van der Waals surface area contributed by atoms with Gasteiger partial charge in [0.1, 0.15) is 0 Å². The van der Waals surface area contributed by atoms with Crippen molar-refractivity contribution in [2.24, 2.45) is 0 Å². The average Bonchev–Trinajstić information content (AvgIpc) is 2.44. The molecule has 4 heteroatoms. The highest BCUT2D eigenvalue weighted by Gasteiger charge is 2.22. The van der Waals surface area contributed by atoms with Crippen LogP contribution in [0.15, 0.2) is 12.1 Å². The highest BCUT2D eigenvalue weighted by Crippen LogP contribution is 2.37. The summed E-state index contributed by atoms with van der Waals surface area (Å²) < 4.78 is 11.1. The van der Waals surface area contributed by atoms with Crippen molar-refractivity contribution in [2.45, 2.75) is 12.8 Å². The van der Waals surface area contributed by atoms with E-state index in [-0.39, 0.29) is 5.91 Å². The van der Waals surface area contributed by atoms with Crippen LogP contribution >= 0.6 is 0 Å². The fourth-order valence-electron chi connectivity index (χ4n) is 1.88. The van der Waals surface area contributed by atoms with Gasteiger partial charge in [-0.15, -0.1) is 0 Å². The number of carbonyl (C=O) groups is 1. The third-order valence-corrected chi connectivity index (χ3v) is 2.60. The molecule has 2 heterocycles. The number of hydrogen-bond donors (Lipinski definition) is 1. The van der Waals surface area contributed by atoms with Crippen LogP contribution < -0.4 is 14.8 Å². The van der Waals surface area contributed by atoms with Gasteiger partial charge in [-0.3, -0.25) is 4.79 Å².